The lowest BCUT2D eigenvalue weighted by atomic mass is 9.81. The maximum absolute atomic E-state index is 11.1. The maximum Gasteiger partial charge on any atom is 0.263 e. The Kier molecular flexibility index (Phi) is 3.32. The molecular weight excluding hydrogens is 216 g/mol. The second-order valence-corrected chi connectivity index (χ2v) is 6.99. The monoisotopic (exact) mass is 240 g/mol. The smallest absolute Gasteiger partial charge is 0.263 e. The molecule has 0 aromatic heterocycles. The summed E-state index contributed by atoms with van der Waals surface area (Å²) in [6.07, 6.45) is 3.49. The minimum absolute atomic E-state index is 0.0553. The molecule has 1 atom stereocenters. The lowest BCUT2D eigenvalue weighted by Crippen LogP contribution is -2.55. The molecule has 0 saturated carbocycles. The van der Waals surface area contributed by atoms with Gasteiger partial charge in [0.25, 0.3) is 6.09 Å². The third kappa shape index (κ3) is 3.22. The van der Waals surface area contributed by atoms with Crippen molar-refractivity contribution < 1.29 is 14.4 Å². The second-order valence-electron chi connectivity index (χ2n) is 6.99. The second kappa shape index (κ2) is 4.02. The first-order valence-electron chi connectivity index (χ1n) is 5.99. The van der Waals surface area contributed by atoms with E-state index in [1.165, 1.54) is 0 Å². The average Bonchev–Trinajstić information content (AvgIpc) is 2.45. The number of nitrogens with zero attached hydrogens (tertiary/aromatic N) is 2. The number of carboxylic acid groups (broad SMARTS) is 1. The molecule has 0 fully saturated rings. The van der Waals surface area contributed by atoms with Gasteiger partial charge in [-0.3, -0.25) is 0 Å². The van der Waals surface area contributed by atoms with E-state index >= 15 is 0 Å². The van der Waals surface area contributed by atoms with Crippen LogP contribution in [0.3, 0.4) is 0 Å². The first-order valence-corrected chi connectivity index (χ1v) is 5.99. The zero-order chi connectivity index (χ0) is 13.5. The van der Waals surface area contributed by atoms with Crippen LogP contribution in [-0.4, -0.2) is 34.7 Å². The van der Waals surface area contributed by atoms with Gasteiger partial charge in [0.2, 0.25) is 0 Å². The third-order valence-electron chi connectivity index (χ3n) is 3.18. The predicted octanol–water partition coefficient (Wildman–Crippen LogP) is 1.74. The van der Waals surface area contributed by atoms with Crippen molar-refractivity contribution in [3.05, 3.63) is 12.4 Å². The van der Waals surface area contributed by atoms with Crippen LogP contribution in [0, 0.1) is 5.41 Å². The number of rotatable bonds is 2. The zero-order valence-corrected chi connectivity index (χ0v) is 11.8. The van der Waals surface area contributed by atoms with Crippen LogP contribution in [-0.2, 0) is 0 Å². The van der Waals surface area contributed by atoms with Gasteiger partial charge in [-0.05, 0) is 25.7 Å². The molecule has 4 heteroatoms. The Hall–Kier alpha value is -1.03. The standard InChI is InChI=1S/C13H24N2O2/c1-12(2,3)9-13(4,5)14-7-8-15(6,10-14)11(16)17/h7-8H,9-10H2,1-6H3. The van der Waals surface area contributed by atoms with Crippen LogP contribution in [0.5, 0.6) is 0 Å². The first-order chi connectivity index (χ1) is 7.46. The molecule has 4 nitrogen and oxygen atoms in total. The predicted molar refractivity (Wildman–Crippen MR) is 65.6 cm³/mol. The molecule has 0 saturated heterocycles. The van der Waals surface area contributed by atoms with Crippen LogP contribution in [0.2, 0.25) is 0 Å². The topological polar surface area (TPSA) is 43.4 Å². The molecule has 0 aliphatic carbocycles. The highest BCUT2D eigenvalue weighted by Crippen LogP contribution is 2.34. The summed E-state index contributed by atoms with van der Waals surface area (Å²) in [4.78, 5) is 13.2. The highest BCUT2D eigenvalue weighted by molar-refractivity contribution is 5.54. The molecule has 0 bridgehead atoms. The number of quaternary nitrogens is 1. The van der Waals surface area contributed by atoms with Crippen molar-refractivity contribution in [2.75, 3.05) is 13.7 Å². The lowest BCUT2D eigenvalue weighted by Gasteiger charge is -2.41. The first kappa shape index (κ1) is 14.0. The summed E-state index contributed by atoms with van der Waals surface area (Å²) >= 11 is 0. The van der Waals surface area contributed by atoms with Gasteiger partial charge in [0.15, 0.2) is 6.67 Å². The molecular formula is C13H24N2O2. The van der Waals surface area contributed by atoms with Crippen molar-refractivity contribution in [3.8, 4) is 0 Å². The summed E-state index contributed by atoms with van der Waals surface area (Å²) in [7, 11) is 1.65. The van der Waals surface area contributed by atoms with Gasteiger partial charge >= 0.3 is 0 Å². The SMILES string of the molecule is CC(C)(C)CC(C)(C)N1C=C[N+](C)(C(=O)[O-])C1. The number of carbonyl (C=O) groups is 1. The van der Waals surface area contributed by atoms with Crippen LogP contribution >= 0.6 is 0 Å². The minimum atomic E-state index is -1.06. The Morgan fingerprint density at radius 1 is 1.35 bits per heavy atom. The molecule has 17 heavy (non-hydrogen) atoms. The number of hydrogen-bond donors (Lipinski definition) is 0. The molecule has 1 aliphatic heterocycles. The fourth-order valence-corrected chi connectivity index (χ4v) is 2.55. The van der Waals surface area contributed by atoms with Gasteiger partial charge in [-0.25, -0.2) is 4.48 Å². The van der Waals surface area contributed by atoms with Gasteiger partial charge in [0.05, 0.1) is 13.2 Å². The fraction of sp³-hybridized carbons (Fsp3) is 0.769. The van der Waals surface area contributed by atoms with Gasteiger partial charge in [-0.1, -0.05) is 20.8 Å². The summed E-state index contributed by atoms with van der Waals surface area (Å²) in [5.74, 6) is 0. The molecule has 98 valence electrons. The fourth-order valence-electron chi connectivity index (χ4n) is 2.55. The van der Waals surface area contributed by atoms with Gasteiger partial charge in [-0.15, -0.1) is 0 Å². The van der Waals surface area contributed by atoms with E-state index < -0.39 is 6.09 Å². The van der Waals surface area contributed by atoms with Crippen molar-refractivity contribution >= 4 is 6.09 Å². The Morgan fingerprint density at radius 3 is 2.24 bits per heavy atom. The number of hydrogen-bond acceptors (Lipinski definition) is 3. The summed E-state index contributed by atoms with van der Waals surface area (Å²) in [5, 5.41) is 11.1. The van der Waals surface area contributed by atoms with E-state index in [-0.39, 0.29) is 15.4 Å². The normalized spacial score (nSPS) is 25.4. The Morgan fingerprint density at radius 2 is 1.88 bits per heavy atom. The molecule has 0 N–H and O–H groups in total. The Balaban J connectivity index is 2.78. The number of carbonyl (C=O) groups excluding carboxylic acids is 1. The van der Waals surface area contributed by atoms with Gasteiger partial charge < -0.3 is 14.8 Å². The molecule has 1 heterocycles. The summed E-state index contributed by atoms with van der Waals surface area (Å²) in [5.41, 5.74) is 0.158. The highest BCUT2D eigenvalue weighted by atomic mass is 16.4. The number of amides is 1. The van der Waals surface area contributed by atoms with Crippen molar-refractivity contribution in [1.82, 2.24) is 4.90 Å². The molecule has 1 aliphatic rings. The van der Waals surface area contributed by atoms with Crippen molar-refractivity contribution in [2.45, 2.75) is 46.6 Å². The van der Waals surface area contributed by atoms with E-state index in [4.69, 9.17) is 0 Å². The largest absolute Gasteiger partial charge is 0.498 e. The summed E-state index contributed by atoms with van der Waals surface area (Å²) in [6.45, 7) is 11.3. The van der Waals surface area contributed by atoms with Gasteiger partial charge in [0, 0.05) is 5.54 Å². The van der Waals surface area contributed by atoms with E-state index in [2.05, 4.69) is 39.5 Å². The van der Waals surface area contributed by atoms with Crippen LogP contribution < -0.4 is 5.11 Å². The molecule has 0 aromatic rings. The Labute approximate surface area is 104 Å². The molecule has 1 unspecified atom stereocenters. The van der Waals surface area contributed by atoms with Gasteiger partial charge in [0.1, 0.15) is 6.20 Å². The Bertz CT molecular complexity index is 342. The molecule has 0 radical (unpaired) electrons. The molecule has 1 amide bonds. The van der Waals surface area contributed by atoms with E-state index in [1.807, 2.05) is 6.20 Å². The van der Waals surface area contributed by atoms with Crippen LogP contribution in [0.1, 0.15) is 41.0 Å². The maximum atomic E-state index is 11.1. The quantitative estimate of drug-likeness (QED) is 0.690. The van der Waals surface area contributed by atoms with E-state index in [0.29, 0.717) is 6.67 Å². The summed E-state index contributed by atoms with van der Waals surface area (Å²) < 4.78 is -0.173. The van der Waals surface area contributed by atoms with E-state index in [1.54, 1.807) is 13.2 Å². The van der Waals surface area contributed by atoms with Gasteiger partial charge in [-0.2, -0.15) is 0 Å². The van der Waals surface area contributed by atoms with E-state index in [0.717, 1.165) is 6.42 Å². The highest BCUT2D eigenvalue weighted by Gasteiger charge is 2.38. The van der Waals surface area contributed by atoms with E-state index in [9.17, 15) is 9.90 Å². The molecule has 1 rings (SSSR count). The van der Waals surface area contributed by atoms with Crippen molar-refractivity contribution in [1.29, 1.82) is 0 Å². The molecule has 0 spiro atoms. The van der Waals surface area contributed by atoms with Crippen LogP contribution in [0.15, 0.2) is 12.4 Å². The van der Waals surface area contributed by atoms with Crippen LogP contribution in [0.4, 0.5) is 4.79 Å². The average molecular weight is 240 g/mol. The van der Waals surface area contributed by atoms with Crippen molar-refractivity contribution in [2.24, 2.45) is 5.41 Å². The van der Waals surface area contributed by atoms with Crippen LogP contribution in [0.25, 0.3) is 0 Å². The zero-order valence-electron chi connectivity index (χ0n) is 11.8. The summed E-state index contributed by atoms with van der Waals surface area (Å²) in [6, 6.07) is 0. The lowest BCUT2D eigenvalue weighted by molar-refractivity contribution is -0.811. The minimum Gasteiger partial charge on any atom is -0.498 e. The molecule has 0 aromatic carbocycles. The third-order valence-corrected chi connectivity index (χ3v) is 3.18. The van der Waals surface area contributed by atoms with Crippen molar-refractivity contribution in [3.63, 3.8) is 0 Å².